The predicted octanol–water partition coefficient (Wildman–Crippen LogP) is 3.66. The minimum Gasteiger partial charge on any atom is -0.322 e. The lowest BCUT2D eigenvalue weighted by Crippen LogP contribution is -2.15. The van der Waals surface area contributed by atoms with Crippen LogP contribution in [0.2, 0.25) is 5.02 Å². The normalized spacial score (nSPS) is 11.1. The maximum Gasteiger partial charge on any atom is 0.255 e. The van der Waals surface area contributed by atoms with E-state index in [0.29, 0.717) is 22.0 Å². The van der Waals surface area contributed by atoms with Crippen LogP contribution in [0.1, 0.15) is 22.8 Å². The lowest BCUT2D eigenvalue weighted by Gasteiger charge is -2.10. The third-order valence-electron chi connectivity index (χ3n) is 3.24. The zero-order valence-corrected chi connectivity index (χ0v) is 14.3. The number of carbonyl (C=O) groups excluding carboxylic acids is 1. The van der Waals surface area contributed by atoms with Crippen LogP contribution in [-0.2, 0) is 10.0 Å². The number of aryl methyl sites for hydroxylation is 1. The molecule has 2 N–H and O–H groups in total. The molecule has 0 saturated heterocycles. The van der Waals surface area contributed by atoms with Gasteiger partial charge in [-0.3, -0.25) is 9.52 Å². The monoisotopic (exact) mass is 352 g/mol. The maximum atomic E-state index is 12.2. The van der Waals surface area contributed by atoms with Crippen molar-refractivity contribution < 1.29 is 13.2 Å². The van der Waals surface area contributed by atoms with Gasteiger partial charge in [-0.2, -0.15) is 0 Å². The molecule has 0 radical (unpaired) electrons. The molecular weight excluding hydrogens is 336 g/mol. The van der Waals surface area contributed by atoms with Crippen molar-refractivity contribution in [3.8, 4) is 0 Å². The molecule has 0 aromatic heterocycles. The molecule has 0 aliphatic rings. The van der Waals surface area contributed by atoms with Crippen molar-refractivity contribution in [2.75, 3.05) is 15.8 Å². The van der Waals surface area contributed by atoms with Gasteiger partial charge < -0.3 is 5.32 Å². The number of amides is 1. The highest BCUT2D eigenvalue weighted by atomic mass is 35.5. The van der Waals surface area contributed by atoms with E-state index in [2.05, 4.69) is 10.0 Å². The second kappa shape index (κ2) is 7.02. The molecule has 0 atom stereocenters. The van der Waals surface area contributed by atoms with Crippen molar-refractivity contribution in [1.29, 1.82) is 0 Å². The molecule has 0 spiro atoms. The Balaban J connectivity index is 2.11. The summed E-state index contributed by atoms with van der Waals surface area (Å²) in [5, 5.41) is 3.40. The molecule has 7 heteroatoms. The second-order valence-electron chi connectivity index (χ2n) is 5.00. The zero-order valence-electron chi connectivity index (χ0n) is 12.8. The van der Waals surface area contributed by atoms with E-state index in [1.165, 1.54) is 0 Å². The molecule has 122 valence electrons. The van der Waals surface area contributed by atoms with E-state index in [9.17, 15) is 13.2 Å². The van der Waals surface area contributed by atoms with Crippen molar-refractivity contribution in [3.05, 3.63) is 58.6 Å². The minimum atomic E-state index is -3.33. The molecule has 2 rings (SSSR count). The van der Waals surface area contributed by atoms with E-state index in [4.69, 9.17) is 11.6 Å². The zero-order chi connectivity index (χ0) is 17.0. The molecule has 23 heavy (non-hydrogen) atoms. The summed E-state index contributed by atoms with van der Waals surface area (Å²) in [5.74, 6) is -0.286. The van der Waals surface area contributed by atoms with Gasteiger partial charge in [0.2, 0.25) is 10.0 Å². The lowest BCUT2D eigenvalue weighted by atomic mass is 10.1. The van der Waals surface area contributed by atoms with Crippen LogP contribution in [0, 0.1) is 6.92 Å². The number of nitrogens with one attached hydrogen (secondary N) is 2. The van der Waals surface area contributed by atoms with Gasteiger partial charge in [-0.05, 0) is 61.9 Å². The first-order valence-corrected chi connectivity index (χ1v) is 9.02. The smallest absolute Gasteiger partial charge is 0.255 e. The van der Waals surface area contributed by atoms with Crippen LogP contribution in [-0.4, -0.2) is 20.1 Å². The van der Waals surface area contributed by atoms with Crippen LogP contribution in [0.25, 0.3) is 0 Å². The number of halogens is 1. The Morgan fingerprint density at radius 3 is 2.35 bits per heavy atom. The summed E-state index contributed by atoms with van der Waals surface area (Å²) in [4.78, 5) is 12.2. The van der Waals surface area contributed by atoms with E-state index < -0.39 is 10.0 Å². The fourth-order valence-corrected chi connectivity index (χ4v) is 2.77. The summed E-state index contributed by atoms with van der Waals surface area (Å²) in [5.41, 5.74) is 2.39. The summed E-state index contributed by atoms with van der Waals surface area (Å²) in [7, 11) is -3.33. The van der Waals surface area contributed by atoms with Crippen LogP contribution in [0.15, 0.2) is 42.5 Å². The van der Waals surface area contributed by atoms with Gasteiger partial charge in [0.05, 0.1) is 5.75 Å². The first kappa shape index (κ1) is 17.3. The Kier molecular flexibility index (Phi) is 5.28. The van der Waals surface area contributed by atoms with E-state index in [0.717, 1.165) is 5.56 Å². The van der Waals surface area contributed by atoms with Crippen molar-refractivity contribution >= 4 is 38.9 Å². The highest BCUT2D eigenvalue weighted by Crippen LogP contribution is 2.20. The van der Waals surface area contributed by atoms with Gasteiger partial charge in [0, 0.05) is 22.0 Å². The first-order chi connectivity index (χ1) is 10.8. The Morgan fingerprint density at radius 1 is 1.13 bits per heavy atom. The lowest BCUT2D eigenvalue weighted by molar-refractivity contribution is 0.102. The van der Waals surface area contributed by atoms with E-state index >= 15 is 0 Å². The molecule has 0 unspecified atom stereocenters. The number of benzene rings is 2. The summed E-state index contributed by atoms with van der Waals surface area (Å²) < 4.78 is 25.4. The minimum absolute atomic E-state index is 0.00885. The average Bonchev–Trinajstić information content (AvgIpc) is 2.50. The van der Waals surface area contributed by atoms with E-state index in [1.54, 1.807) is 49.4 Å². The van der Waals surface area contributed by atoms with Crippen molar-refractivity contribution in [1.82, 2.24) is 0 Å². The van der Waals surface area contributed by atoms with Crippen molar-refractivity contribution in [2.24, 2.45) is 0 Å². The number of anilines is 2. The maximum absolute atomic E-state index is 12.2. The molecule has 1 amide bonds. The molecule has 0 heterocycles. The van der Waals surface area contributed by atoms with Gasteiger partial charge in [-0.25, -0.2) is 8.42 Å². The van der Waals surface area contributed by atoms with Gasteiger partial charge >= 0.3 is 0 Å². The second-order valence-corrected chi connectivity index (χ2v) is 7.44. The number of carbonyl (C=O) groups is 1. The molecule has 0 bridgehead atoms. The van der Waals surface area contributed by atoms with Gasteiger partial charge in [0.1, 0.15) is 0 Å². The quantitative estimate of drug-likeness (QED) is 0.862. The van der Waals surface area contributed by atoms with Gasteiger partial charge in [0.25, 0.3) is 5.91 Å². The van der Waals surface area contributed by atoms with Crippen LogP contribution in [0.4, 0.5) is 11.4 Å². The summed E-state index contributed by atoms with van der Waals surface area (Å²) >= 11 is 5.88. The fourth-order valence-electron chi connectivity index (χ4n) is 1.90. The first-order valence-electron chi connectivity index (χ1n) is 6.99. The summed E-state index contributed by atoms with van der Waals surface area (Å²) in [6.45, 7) is 3.41. The summed E-state index contributed by atoms with van der Waals surface area (Å²) in [6.07, 6.45) is 0. The third-order valence-corrected chi connectivity index (χ3v) is 4.78. The fraction of sp³-hybridized carbons (Fsp3) is 0.188. The van der Waals surface area contributed by atoms with Gasteiger partial charge in [-0.15, -0.1) is 0 Å². The SMILES string of the molecule is CCS(=O)(=O)Nc1ccc(C(=O)Nc2ccc(Cl)cc2C)cc1. The highest BCUT2D eigenvalue weighted by molar-refractivity contribution is 7.92. The van der Waals surface area contributed by atoms with Crippen molar-refractivity contribution in [2.45, 2.75) is 13.8 Å². The third kappa shape index (κ3) is 4.71. The van der Waals surface area contributed by atoms with Crippen LogP contribution < -0.4 is 10.0 Å². The molecule has 0 aliphatic carbocycles. The Morgan fingerprint density at radius 2 is 1.78 bits per heavy atom. The van der Waals surface area contributed by atoms with Crippen molar-refractivity contribution in [3.63, 3.8) is 0 Å². The molecule has 2 aromatic rings. The van der Waals surface area contributed by atoms with Crippen LogP contribution >= 0.6 is 11.6 Å². The topological polar surface area (TPSA) is 75.3 Å². The van der Waals surface area contributed by atoms with Gasteiger partial charge in [-0.1, -0.05) is 11.6 Å². The molecular formula is C16H17ClN2O3S. The van der Waals surface area contributed by atoms with E-state index in [1.807, 2.05) is 6.92 Å². The number of rotatable bonds is 5. The standard InChI is InChI=1S/C16H17ClN2O3S/c1-3-23(21,22)19-14-7-4-12(5-8-14)16(20)18-15-9-6-13(17)10-11(15)2/h4-10,19H,3H2,1-2H3,(H,18,20). The Hall–Kier alpha value is -2.05. The number of hydrogen-bond donors (Lipinski definition) is 2. The molecule has 0 fully saturated rings. The van der Waals surface area contributed by atoms with Gasteiger partial charge in [0.15, 0.2) is 0 Å². The highest BCUT2D eigenvalue weighted by Gasteiger charge is 2.10. The molecule has 0 aliphatic heterocycles. The largest absolute Gasteiger partial charge is 0.322 e. The predicted molar refractivity (Wildman–Crippen MR) is 93.7 cm³/mol. The van der Waals surface area contributed by atoms with Crippen LogP contribution in [0.3, 0.4) is 0 Å². The van der Waals surface area contributed by atoms with E-state index in [-0.39, 0.29) is 11.7 Å². The Labute approximate surface area is 140 Å². The molecule has 5 nitrogen and oxygen atoms in total. The molecule has 0 saturated carbocycles. The summed E-state index contributed by atoms with van der Waals surface area (Å²) in [6, 6.07) is 11.4. The Bertz CT molecular complexity index is 818. The molecule has 2 aromatic carbocycles. The number of sulfonamides is 1. The average molecular weight is 353 g/mol. The number of hydrogen-bond acceptors (Lipinski definition) is 3. The van der Waals surface area contributed by atoms with Crippen LogP contribution in [0.5, 0.6) is 0 Å².